The van der Waals surface area contributed by atoms with Crippen molar-refractivity contribution in [3.63, 3.8) is 0 Å². The van der Waals surface area contributed by atoms with E-state index >= 15 is 0 Å². The SMILES string of the molecule is C/C(=C1\SC(N2CCC3(CC2)OC(=O)c2ccccc23)=NC1=O)c1ccc(Cl)nc1. The van der Waals surface area contributed by atoms with Crippen molar-refractivity contribution in [1.29, 1.82) is 0 Å². The number of carbonyl (C=O) groups is 2. The van der Waals surface area contributed by atoms with E-state index in [1.807, 2.05) is 37.3 Å². The number of nitrogens with zero attached hydrogens (tertiary/aromatic N) is 3. The second kappa shape index (κ2) is 7.25. The van der Waals surface area contributed by atoms with Gasteiger partial charge in [-0.3, -0.25) is 4.79 Å². The van der Waals surface area contributed by atoms with Gasteiger partial charge in [-0.05, 0) is 42.0 Å². The molecule has 3 aliphatic rings. The lowest BCUT2D eigenvalue weighted by Crippen LogP contribution is -2.44. The number of piperidine rings is 1. The fourth-order valence-electron chi connectivity index (χ4n) is 4.17. The molecule has 1 fully saturated rings. The number of amidine groups is 1. The van der Waals surface area contributed by atoms with Gasteiger partial charge in [-0.1, -0.05) is 35.9 Å². The zero-order valence-corrected chi connectivity index (χ0v) is 17.8. The predicted octanol–water partition coefficient (Wildman–Crippen LogP) is 4.26. The minimum atomic E-state index is -0.568. The molecule has 0 radical (unpaired) electrons. The molecular formula is C22H18ClN3O3S. The summed E-state index contributed by atoms with van der Waals surface area (Å²) in [5, 5.41) is 1.11. The Balaban J connectivity index is 1.33. The summed E-state index contributed by atoms with van der Waals surface area (Å²) in [6, 6.07) is 11.1. The van der Waals surface area contributed by atoms with Crippen LogP contribution in [0.2, 0.25) is 5.15 Å². The van der Waals surface area contributed by atoms with Crippen LogP contribution in [0.4, 0.5) is 0 Å². The topological polar surface area (TPSA) is 71.9 Å². The van der Waals surface area contributed by atoms with E-state index in [1.165, 1.54) is 11.8 Å². The Bertz CT molecular complexity index is 1120. The quantitative estimate of drug-likeness (QED) is 0.375. The number of carbonyl (C=O) groups excluding carboxylic acids is 2. The highest BCUT2D eigenvalue weighted by atomic mass is 35.5. The number of aromatic nitrogens is 1. The number of fused-ring (bicyclic) bond motifs is 2. The Labute approximate surface area is 183 Å². The molecule has 152 valence electrons. The Kier molecular flexibility index (Phi) is 4.67. The molecule has 30 heavy (non-hydrogen) atoms. The molecule has 6 nitrogen and oxygen atoms in total. The number of likely N-dealkylation sites (tertiary alicyclic amines) is 1. The van der Waals surface area contributed by atoms with Gasteiger partial charge in [0.2, 0.25) is 0 Å². The number of pyridine rings is 1. The summed E-state index contributed by atoms with van der Waals surface area (Å²) in [6.07, 6.45) is 3.00. The van der Waals surface area contributed by atoms with Gasteiger partial charge in [-0.2, -0.15) is 4.99 Å². The molecule has 0 bridgehead atoms. The third-order valence-electron chi connectivity index (χ3n) is 5.85. The molecule has 1 amide bonds. The summed E-state index contributed by atoms with van der Waals surface area (Å²) in [5.41, 5.74) is 2.74. The van der Waals surface area contributed by atoms with E-state index < -0.39 is 5.60 Å². The first kappa shape index (κ1) is 19.3. The van der Waals surface area contributed by atoms with Crippen LogP contribution in [0.15, 0.2) is 52.5 Å². The summed E-state index contributed by atoms with van der Waals surface area (Å²) in [5.74, 6) is -0.486. The summed E-state index contributed by atoms with van der Waals surface area (Å²) in [7, 11) is 0. The minimum Gasteiger partial charge on any atom is -0.450 e. The van der Waals surface area contributed by atoms with Crippen molar-refractivity contribution in [3.05, 3.63) is 69.3 Å². The smallest absolute Gasteiger partial charge is 0.339 e. The van der Waals surface area contributed by atoms with Crippen LogP contribution in [0.1, 0.15) is 41.3 Å². The number of amides is 1. The lowest BCUT2D eigenvalue weighted by atomic mass is 9.84. The summed E-state index contributed by atoms with van der Waals surface area (Å²) >= 11 is 7.25. The van der Waals surface area contributed by atoms with Gasteiger partial charge in [-0.25, -0.2) is 9.78 Å². The van der Waals surface area contributed by atoms with Gasteiger partial charge < -0.3 is 9.64 Å². The van der Waals surface area contributed by atoms with E-state index in [0.29, 0.717) is 46.7 Å². The first-order valence-electron chi connectivity index (χ1n) is 9.68. The van der Waals surface area contributed by atoms with Crippen molar-refractivity contribution < 1.29 is 14.3 Å². The Hall–Kier alpha value is -2.64. The van der Waals surface area contributed by atoms with E-state index in [9.17, 15) is 9.59 Å². The highest BCUT2D eigenvalue weighted by Crippen LogP contribution is 2.45. The van der Waals surface area contributed by atoms with Crippen molar-refractivity contribution >= 4 is 46.0 Å². The predicted molar refractivity (Wildman–Crippen MR) is 116 cm³/mol. The molecular weight excluding hydrogens is 422 g/mol. The number of thioether (sulfide) groups is 1. The molecule has 1 saturated heterocycles. The zero-order chi connectivity index (χ0) is 20.9. The second-order valence-corrected chi connectivity index (χ2v) is 8.91. The van der Waals surface area contributed by atoms with Gasteiger partial charge in [0, 0.05) is 37.7 Å². The third-order valence-corrected chi connectivity index (χ3v) is 7.29. The summed E-state index contributed by atoms with van der Waals surface area (Å²) in [6.45, 7) is 3.22. The molecule has 1 aromatic heterocycles. The third kappa shape index (κ3) is 3.13. The fourth-order valence-corrected chi connectivity index (χ4v) is 5.31. The monoisotopic (exact) mass is 439 g/mol. The van der Waals surface area contributed by atoms with Crippen molar-refractivity contribution in [2.24, 2.45) is 4.99 Å². The standard InChI is InChI=1S/C22H18ClN3O3S/c1-13(14-6-7-17(23)24-12-14)18-19(27)25-21(30-18)26-10-8-22(9-11-26)16-5-3-2-4-15(16)20(28)29-22/h2-7,12H,8-11H2,1H3/b18-13+. The lowest BCUT2D eigenvalue weighted by Gasteiger charge is -2.39. The maximum absolute atomic E-state index is 12.6. The number of esters is 1. The first-order valence-corrected chi connectivity index (χ1v) is 10.9. The van der Waals surface area contributed by atoms with E-state index in [-0.39, 0.29) is 11.9 Å². The number of benzene rings is 1. The highest BCUT2D eigenvalue weighted by Gasteiger charge is 2.48. The summed E-state index contributed by atoms with van der Waals surface area (Å²) < 4.78 is 5.81. The molecule has 4 heterocycles. The van der Waals surface area contributed by atoms with Gasteiger partial charge >= 0.3 is 5.97 Å². The van der Waals surface area contributed by atoms with E-state index in [2.05, 4.69) is 14.9 Å². The lowest BCUT2D eigenvalue weighted by molar-refractivity contribution is -0.113. The molecule has 0 saturated carbocycles. The first-order chi connectivity index (χ1) is 14.5. The van der Waals surface area contributed by atoms with Crippen molar-refractivity contribution in [1.82, 2.24) is 9.88 Å². The molecule has 5 rings (SSSR count). The van der Waals surface area contributed by atoms with Crippen LogP contribution in [0.3, 0.4) is 0 Å². The number of ether oxygens (including phenoxy) is 1. The highest BCUT2D eigenvalue weighted by molar-refractivity contribution is 8.18. The number of halogens is 1. The van der Waals surface area contributed by atoms with Crippen LogP contribution < -0.4 is 0 Å². The molecule has 0 N–H and O–H groups in total. The average Bonchev–Trinajstić information content (AvgIpc) is 3.27. The number of hydrogen-bond acceptors (Lipinski definition) is 6. The van der Waals surface area contributed by atoms with Crippen molar-refractivity contribution in [2.45, 2.75) is 25.4 Å². The second-order valence-electron chi connectivity index (χ2n) is 7.54. The van der Waals surface area contributed by atoms with Crippen LogP contribution in [-0.2, 0) is 15.1 Å². The molecule has 0 unspecified atom stereocenters. The number of allylic oxidation sites excluding steroid dienone is 1. The van der Waals surface area contributed by atoms with E-state index in [4.69, 9.17) is 16.3 Å². The largest absolute Gasteiger partial charge is 0.450 e. The van der Waals surface area contributed by atoms with Gasteiger partial charge in [0.05, 0.1) is 10.5 Å². The van der Waals surface area contributed by atoms with Gasteiger partial charge in [-0.15, -0.1) is 0 Å². The van der Waals surface area contributed by atoms with Gasteiger partial charge in [0.25, 0.3) is 5.91 Å². The average molecular weight is 440 g/mol. The number of rotatable bonds is 1. The van der Waals surface area contributed by atoms with Crippen molar-refractivity contribution in [3.8, 4) is 0 Å². The zero-order valence-electron chi connectivity index (χ0n) is 16.2. The van der Waals surface area contributed by atoms with Gasteiger partial charge in [0.15, 0.2) is 5.17 Å². The van der Waals surface area contributed by atoms with E-state index in [0.717, 1.165) is 16.7 Å². The molecule has 2 aromatic rings. The molecule has 3 aliphatic heterocycles. The van der Waals surface area contributed by atoms with Crippen molar-refractivity contribution in [2.75, 3.05) is 13.1 Å². The maximum atomic E-state index is 12.6. The Morgan fingerprint density at radius 2 is 1.93 bits per heavy atom. The van der Waals surface area contributed by atoms with Crippen LogP contribution in [0.5, 0.6) is 0 Å². The van der Waals surface area contributed by atoms with Gasteiger partial charge in [0.1, 0.15) is 10.8 Å². The Morgan fingerprint density at radius 1 is 1.17 bits per heavy atom. The number of aliphatic imine (C=N–C) groups is 1. The number of hydrogen-bond donors (Lipinski definition) is 0. The Morgan fingerprint density at radius 3 is 2.67 bits per heavy atom. The molecule has 0 atom stereocenters. The van der Waals surface area contributed by atoms with Crippen LogP contribution in [-0.4, -0.2) is 40.0 Å². The molecule has 1 spiro atoms. The van der Waals surface area contributed by atoms with Crippen LogP contribution >= 0.6 is 23.4 Å². The maximum Gasteiger partial charge on any atom is 0.339 e. The molecule has 8 heteroatoms. The molecule has 0 aliphatic carbocycles. The summed E-state index contributed by atoms with van der Waals surface area (Å²) in [4.78, 5) is 35.9. The molecule has 1 aromatic carbocycles. The van der Waals surface area contributed by atoms with Crippen LogP contribution in [0, 0.1) is 0 Å². The van der Waals surface area contributed by atoms with E-state index in [1.54, 1.807) is 12.3 Å². The normalized spacial score (nSPS) is 21.5. The van der Waals surface area contributed by atoms with Crippen LogP contribution in [0.25, 0.3) is 5.57 Å². The minimum absolute atomic E-state index is 0.236. The fraction of sp³-hybridized carbons (Fsp3) is 0.273.